The van der Waals surface area contributed by atoms with Crippen LogP contribution < -0.4 is 0 Å². The van der Waals surface area contributed by atoms with E-state index in [4.69, 9.17) is 19.3 Å². The Balaban J connectivity index is 3.79. The van der Waals surface area contributed by atoms with E-state index in [1.165, 1.54) is 38.5 Å². The molecule has 1 N–H and O–H groups in total. The van der Waals surface area contributed by atoms with Crippen molar-refractivity contribution >= 4 is 5.97 Å². The molecule has 0 radical (unpaired) electrons. The third kappa shape index (κ3) is 21.2. The summed E-state index contributed by atoms with van der Waals surface area (Å²) in [7, 11) is 1.67. The van der Waals surface area contributed by atoms with Gasteiger partial charge in [0.15, 0.2) is 0 Å². The van der Waals surface area contributed by atoms with Crippen molar-refractivity contribution in [1.82, 2.24) is 0 Å². The van der Waals surface area contributed by atoms with Crippen LogP contribution in [0.2, 0.25) is 0 Å². The van der Waals surface area contributed by atoms with Gasteiger partial charge in [-0.1, -0.05) is 64.0 Å². The van der Waals surface area contributed by atoms with E-state index in [-0.39, 0.29) is 6.10 Å². The molecule has 0 aliphatic rings. The molecule has 0 fully saturated rings. The van der Waals surface area contributed by atoms with Crippen LogP contribution in [0.25, 0.3) is 0 Å². The van der Waals surface area contributed by atoms with E-state index in [0.29, 0.717) is 26.4 Å². The van der Waals surface area contributed by atoms with Gasteiger partial charge in [0.05, 0.1) is 19.3 Å². The molecule has 0 unspecified atom stereocenters. The molecule has 160 valence electrons. The summed E-state index contributed by atoms with van der Waals surface area (Å²) < 4.78 is 16.3. The first-order valence-corrected chi connectivity index (χ1v) is 10.8. The molecule has 0 amide bonds. The number of unbranched alkanes of at least 4 members (excludes halogenated alkanes) is 8. The molecule has 5 heteroatoms. The lowest BCUT2D eigenvalue weighted by Crippen LogP contribution is -2.16. The monoisotopic (exact) mass is 386 g/mol. The largest absolute Gasteiger partial charge is 0.481 e. The molecule has 5 nitrogen and oxygen atoms in total. The number of hydrogen-bond acceptors (Lipinski definition) is 4. The topological polar surface area (TPSA) is 65.0 Å². The van der Waals surface area contributed by atoms with Gasteiger partial charge in [0.25, 0.3) is 0 Å². The van der Waals surface area contributed by atoms with Crippen molar-refractivity contribution in [3.8, 4) is 0 Å². The second-order valence-corrected chi connectivity index (χ2v) is 7.06. The minimum absolute atomic E-state index is 0.233. The fraction of sp³-hybridized carbons (Fsp3) is 0.864. The molecule has 0 rings (SSSR count). The molecule has 0 aromatic carbocycles. The number of hydrogen-bond donors (Lipinski definition) is 1. The molecular weight excluding hydrogens is 344 g/mol. The van der Waals surface area contributed by atoms with Crippen LogP contribution in [0, 0.1) is 0 Å². The first kappa shape index (κ1) is 26.1. The van der Waals surface area contributed by atoms with Gasteiger partial charge in [0, 0.05) is 13.5 Å². The third-order valence-electron chi connectivity index (χ3n) is 4.53. The van der Waals surface area contributed by atoms with E-state index in [2.05, 4.69) is 19.1 Å². The van der Waals surface area contributed by atoms with Gasteiger partial charge in [0.2, 0.25) is 0 Å². The van der Waals surface area contributed by atoms with Crippen LogP contribution in [0.1, 0.15) is 90.4 Å². The fourth-order valence-electron chi connectivity index (χ4n) is 2.85. The molecule has 0 saturated carbocycles. The Labute approximate surface area is 166 Å². The van der Waals surface area contributed by atoms with Crippen LogP contribution in [0.5, 0.6) is 0 Å². The van der Waals surface area contributed by atoms with Crippen molar-refractivity contribution in [3.05, 3.63) is 12.2 Å². The zero-order valence-electron chi connectivity index (χ0n) is 17.6. The highest BCUT2D eigenvalue weighted by atomic mass is 16.7. The van der Waals surface area contributed by atoms with Crippen molar-refractivity contribution in [1.29, 1.82) is 0 Å². The summed E-state index contributed by atoms with van der Waals surface area (Å²) in [6.07, 6.45) is 18.5. The maximum absolute atomic E-state index is 10.4. The molecule has 0 aliphatic carbocycles. The number of ether oxygens (including phenoxy) is 3. The van der Waals surface area contributed by atoms with Crippen LogP contribution in [0.3, 0.4) is 0 Å². The third-order valence-corrected chi connectivity index (χ3v) is 4.53. The standard InChI is InChI=1S/C22H42O5/c1-3-4-5-12-15-21(27-20-26-19-18-25-2)16-13-10-8-6-7-9-11-14-17-22(23)24/h10,13,21H,3-9,11-12,14-20H2,1-2H3,(H,23,24)/t21-/m1/s1. The summed E-state index contributed by atoms with van der Waals surface area (Å²) in [6, 6.07) is 0. The molecule has 0 heterocycles. The van der Waals surface area contributed by atoms with Crippen LogP contribution in [0.15, 0.2) is 12.2 Å². The highest BCUT2D eigenvalue weighted by molar-refractivity contribution is 5.66. The van der Waals surface area contributed by atoms with Crippen LogP contribution in [-0.2, 0) is 19.0 Å². The Morgan fingerprint density at radius 3 is 2.44 bits per heavy atom. The highest BCUT2D eigenvalue weighted by Gasteiger charge is 2.07. The summed E-state index contributed by atoms with van der Waals surface area (Å²) >= 11 is 0. The second kappa shape index (κ2) is 21.4. The van der Waals surface area contributed by atoms with E-state index in [1.54, 1.807) is 7.11 Å². The predicted molar refractivity (Wildman–Crippen MR) is 110 cm³/mol. The number of carboxylic acids is 1. The van der Waals surface area contributed by atoms with Gasteiger partial charge >= 0.3 is 5.97 Å². The quantitative estimate of drug-likeness (QED) is 0.155. The summed E-state index contributed by atoms with van der Waals surface area (Å²) in [5.41, 5.74) is 0. The molecule has 0 spiro atoms. The summed E-state index contributed by atoms with van der Waals surface area (Å²) in [6.45, 7) is 3.74. The molecular formula is C22H42O5. The molecule has 0 saturated heterocycles. The van der Waals surface area contributed by atoms with Crippen molar-refractivity contribution in [2.24, 2.45) is 0 Å². The van der Waals surface area contributed by atoms with Crippen molar-refractivity contribution < 1.29 is 24.1 Å². The average Bonchev–Trinajstić information content (AvgIpc) is 2.65. The lowest BCUT2D eigenvalue weighted by molar-refractivity contribution is -0.137. The van der Waals surface area contributed by atoms with Gasteiger partial charge in [-0.05, 0) is 32.1 Å². The Bertz CT molecular complexity index is 344. The number of methoxy groups -OCH3 is 1. The SMILES string of the molecule is CCCCCC[C@H](CC=CCCCCCCCC(=O)O)OCOCCOC. The Hall–Kier alpha value is -0.910. The zero-order valence-corrected chi connectivity index (χ0v) is 17.6. The van der Waals surface area contributed by atoms with Crippen LogP contribution in [0.4, 0.5) is 0 Å². The van der Waals surface area contributed by atoms with E-state index in [1.807, 2.05) is 0 Å². The van der Waals surface area contributed by atoms with E-state index < -0.39 is 5.97 Å². The number of aliphatic carboxylic acids is 1. The Morgan fingerprint density at radius 2 is 1.70 bits per heavy atom. The first-order valence-electron chi connectivity index (χ1n) is 10.8. The molecule has 0 aromatic heterocycles. The van der Waals surface area contributed by atoms with Crippen molar-refractivity contribution in [2.45, 2.75) is 96.5 Å². The van der Waals surface area contributed by atoms with Crippen molar-refractivity contribution in [3.63, 3.8) is 0 Å². The molecule has 27 heavy (non-hydrogen) atoms. The van der Waals surface area contributed by atoms with Crippen molar-refractivity contribution in [2.75, 3.05) is 27.1 Å². The van der Waals surface area contributed by atoms with Gasteiger partial charge in [-0.2, -0.15) is 0 Å². The minimum atomic E-state index is -0.687. The number of carbonyl (C=O) groups is 1. The smallest absolute Gasteiger partial charge is 0.303 e. The number of allylic oxidation sites excluding steroid dienone is 1. The summed E-state index contributed by atoms with van der Waals surface area (Å²) in [4.78, 5) is 10.4. The van der Waals surface area contributed by atoms with E-state index >= 15 is 0 Å². The lowest BCUT2D eigenvalue weighted by Gasteiger charge is -2.16. The maximum atomic E-state index is 10.4. The van der Waals surface area contributed by atoms with E-state index in [9.17, 15) is 4.79 Å². The molecule has 0 aliphatic heterocycles. The second-order valence-electron chi connectivity index (χ2n) is 7.06. The van der Waals surface area contributed by atoms with Gasteiger partial charge in [-0.3, -0.25) is 4.79 Å². The lowest BCUT2D eigenvalue weighted by atomic mass is 10.1. The highest BCUT2D eigenvalue weighted by Crippen LogP contribution is 2.13. The minimum Gasteiger partial charge on any atom is -0.481 e. The van der Waals surface area contributed by atoms with Gasteiger partial charge in [-0.25, -0.2) is 0 Å². The molecule has 0 bridgehead atoms. The van der Waals surface area contributed by atoms with Gasteiger partial charge in [0.1, 0.15) is 6.79 Å². The van der Waals surface area contributed by atoms with Gasteiger partial charge < -0.3 is 19.3 Å². The summed E-state index contributed by atoms with van der Waals surface area (Å²) in [5, 5.41) is 8.60. The first-order chi connectivity index (χ1) is 13.2. The Kier molecular flexibility index (Phi) is 20.7. The van der Waals surface area contributed by atoms with Crippen LogP contribution in [-0.4, -0.2) is 44.3 Å². The summed E-state index contributed by atoms with van der Waals surface area (Å²) in [5.74, 6) is -0.687. The molecule has 1 atom stereocenters. The van der Waals surface area contributed by atoms with Crippen LogP contribution >= 0.6 is 0 Å². The number of rotatable bonds is 21. The molecule has 0 aromatic rings. The Morgan fingerprint density at radius 1 is 0.963 bits per heavy atom. The maximum Gasteiger partial charge on any atom is 0.303 e. The average molecular weight is 387 g/mol. The fourth-order valence-corrected chi connectivity index (χ4v) is 2.85. The zero-order chi connectivity index (χ0) is 20.0. The number of carboxylic acid groups (broad SMARTS) is 1. The predicted octanol–water partition coefficient (Wildman–Crippen LogP) is 5.72. The normalized spacial score (nSPS) is 12.7. The van der Waals surface area contributed by atoms with E-state index in [0.717, 1.165) is 38.5 Å². The van der Waals surface area contributed by atoms with Gasteiger partial charge in [-0.15, -0.1) is 0 Å².